The van der Waals surface area contributed by atoms with Crippen molar-refractivity contribution in [3.05, 3.63) is 47.0 Å². The van der Waals surface area contributed by atoms with Gasteiger partial charge < -0.3 is 10.2 Å². The lowest BCUT2D eigenvalue weighted by atomic mass is 9.53. The van der Waals surface area contributed by atoms with E-state index in [9.17, 15) is 10.2 Å². The maximum Gasteiger partial charge on any atom is 0.115 e. The zero-order chi connectivity index (χ0) is 21.7. The normalized spacial score (nSPS) is 30.4. The lowest BCUT2D eigenvalue weighted by Crippen LogP contribution is -2.43. The number of hydrogen-bond acceptors (Lipinski definition) is 2. The van der Waals surface area contributed by atoms with Crippen LogP contribution in [0.3, 0.4) is 0 Å². The average molecular weight is 387 g/mol. The van der Waals surface area contributed by atoms with Crippen molar-refractivity contribution >= 4 is 0 Å². The van der Waals surface area contributed by atoms with E-state index in [2.05, 4.69) is 81.4 Å². The highest BCUT2D eigenvalue weighted by atomic mass is 16.3. The predicted octanol–water partition coefficient (Wildman–Crippen LogP) is 7.91. The molecule has 0 aromatic carbocycles. The van der Waals surface area contributed by atoms with Crippen LogP contribution < -0.4 is 0 Å². The SMILES string of the molecule is CC(C)C(C1(C)C=C(C(C)(C)C)C(O)=CC1)C1(C)C=C(C(C)(C)C)C(O)=CC1. The third-order valence-electron chi connectivity index (χ3n) is 6.67. The Balaban J connectivity index is 2.60. The third-order valence-corrected chi connectivity index (χ3v) is 6.67. The molecule has 0 heterocycles. The van der Waals surface area contributed by atoms with Crippen LogP contribution in [-0.4, -0.2) is 10.2 Å². The Labute approximate surface area is 173 Å². The van der Waals surface area contributed by atoms with Gasteiger partial charge in [-0.2, -0.15) is 0 Å². The summed E-state index contributed by atoms with van der Waals surface area (Å²) >= 11 is 0. The minimum Gasteiger partial charge on any atom is -0.508 e. The highest BCUT2D eigenvalue weighted by Gasteiger charge is 2.48. The number of aliphatic hydroxyl groups excluding tert-OH is 2. The molecule has 2 aliphatic carbocycles. The van der Waals surface area contributed by atoms with Crippen LogP contribution in [0.4, 0.5) is 0 Å². The van der Waals surface area contributed by atoms with E-state index in [1.54, 1.807) is 0 Å². The van der Waals surface area contributed by atoms with E-state index in [-0.39, 0.29) is 21.7 Å². The fraction of sp³-hybridized carbons (Fsp3) is 0.692. The van der Waals surface area contributed by atoms with Crippen LogP contribution in [0, 0.1) is 33.5 Å². The molecule has 2 nitrogen and oxygen atoms in total. The minimum absolute atomic E-state index is 0.0575. The molecule has 2 unspecified atom stereocenters. The Morgan fingerprint density at radius 1 is 0.750 bits per heavy atom. The Hall–Kier alpha value is -1.44. The van der Waals surface area contributed by atoms with Crippen LogP contribution in [0.2, 0.25) is 0 Å². The van der Waals surface area contributed by atoms with Crippen molar-refractivity contribution in [3.8, 4) is 0 Å². The van der Waals surface area contributed by atoms with E-state index in [1.807, 2.05) is 12.2 Å². The van der Waals surface area contributed by atoms with Crippen molar-refractivity contribution < 1.29 is 10.2 Å². The van der Waals surface area contributed by atoms with Crippen LogP contribution in [0.15, 0.2) is 47.0 Å². The maximum atomic E-state index is 10.6. The molecule has 158 valence electrons. The molecule has 0 amide bonds. The predicted molar refractivity (Wildman–Crippen MR) is 120 cm³/mol. The van der Waals surface area contributed by atoms with Gasteiger partial charge in [-0.25, -0.2) is 0 Å². The van der Waals surface area contributed by atoms with Crippen LogP contribution in [0.5, 0.6) is 0 Å². The lowest BCUT2D eigenvalue weighted by Gasteiger charge is -2.51. The zero-order valence-electron chi connectivity index (χ0n) is 19.8. The van der Waals surface area contributed by atoms with Gasteiger partial charge in [0.05, 0.1) is 0 Å². The van der Waals surface area contributed by atoms with Gasteiger partial charge in [0.15, 0.2) is 0 Å². The van der Waals surface area contributed by atoms with Crippen LogP contribution in [-0.2, 0) is 0 Å². The summed E-state index contributed by atoms with van der Waals surface area (Å²) in [4.78, 5) is 0. The van der Waals surface area contributed by atoms with Gasteiger partial charge in [0, 0.05) is 0 Å². The highest BCUT2D eigenvalue weighted by Crippen LogP contribution is 2.56. The van der Waals surface area contributed by atoms with Crippen molar-refractivity contribution in [2.24, 2.45) is 33.5 Å². The number of aliphatic hydroxyl groups is 2. The van der Waals surface area contributed by atoms with E-state index in [0.29, 0.717) is 23.4 Å². The standard InChI is InChI=1S/C26H42O2/c1-17(2)22(25(9)13-11-20(27)18(15-25)23(3,4)5)26(10)14-12-21(28)19(16-26)24(6,7)8/h11-12,15-17,22,27-28H,13-14H2,1-10H3. The molecular formula is C26H42O2. The summed E-state index contributed by atoms with van der Waals surface area (Å²) in [5, 5.41) is 21.1. The summed E-state index contributed by atoms with van der Waals surface area (Å²) in [7, 11) is 0. The fourth-order valence-electron chi connectivity index (χ4n) is 5.69. The fourth-order valence-corrected chi connectivity index (χ4v) is 5.69. The monoisotopic (exact) mass is 386 g/mol. The molecule has 2 atom stereocenters. The van der Waals surface area contributed by atoms with Crippen LogP contribution >= 0.6 is 0 Å². The number of rotatable bonds is 3. The number of hydrogen-bond donors (Lipinski definition) is 2. The van der Waals surface area contributed by atoms with Gasteiger partial charge in [0.25, 0.3) is 0 Å². The molecule has 0 saturated heterocycles. The zero-order valence-corrected chi connectivity index (χ0v) is 19.8. The van der Waals surface area contributed by atoms with Crippen LogP contribution in [0.25, 0.3) is 0 Å². The highest BCUT2D eigenvalue weighted by molar-refractivity contribution is 5.39. The second kappa shape index (κ2) is 7.11. The topological polar surface area (TPSA) is 40.5 Å². The Bertz CT molecular complexity index is 673. The van der Waals surface area contributed by atoms with Gasteiger partial charge in [-0.15, -0.1) is 0 Å². The molecular weight excluding hydrogens is 344 g/mol. The first kappa shape index (κ1) is 22.8. The second-order valence-electron chi connectivity index (χ2n) is 11.9. The first-order chi connectivity index (χ1) is 12.5. The molecule has 0 fully saturated rings. The van der Waals surface area contributed by atoms with Crippen molar-refractivity contribution in [3.63, 3.8) is 0 Å². The molecule has 0 bridgehead atoms. The van der Waals surface area contributed by atoms with Gasteiger partial charge in [0.1, 0.15) is 11.5 Å². The first-order valence-corrected chi connectivity index (χ1v) is 10.8. The Morgan fingerprint density at radius 2 is 1.07 bits per heavy atom. The van der Waals surface area contributed by atoms with Gasteiger partial charge in [-0.1, -0.05) is 81.4 Å². The Kier molecular flexibility index (Phi) is 5.80. The summed E-state index contributed by atoms with van der Waals surface area (Å²) in [6.45, 7) is 22.3. The second-order valence-corrected chi connectivity index (χ2v) is 11.9. The molecule has 2 rings (SSSR count). The Morgan fingerprint density at radius 3 is 1.32 bits per heavy atom. The van der Waals surface area contributed by atoms with Crippen molar-refractivity contribution in [2.75, 3.05) is 0 Å². The molecule has 0 saturated carbocycles. The van der Waals surface area contributed by atoms with Gasteiger partial charge in [0.2, 0.25) is 0 Å². The average Bonchev–Trinajstić information content (AvgIpc) is 2.50. The third kappa shape index (κ3) is 4.26. The first-order valence-electron chi connectivity index (χ1n) is 10.8. The van der Waals surface area contributed by atoms with Crippen molar-refractivity contribution in [1.29, 1.82) is 0 Å². The molecule has 0 radical (unpaired) electrons. The molecule has 0 spiro atoms. The van der Waals surface area contributed by atoms with Crippen LogP contribution in [0.1, 0.15) is 82.1 Å². The van der Waals surface area contributed by atoms with E-state index >= 15 is 0 Å². The number of allylic oxidation sites excluding steroid dienone is 6. The van der Waals surface area contributed by atoms with Gasteiger partial charge in [-0.05, 0) is 69.6 Å². The largest absolute Gasteiger partial charge is 0.508 e. The summed E-state index contributed by atoms with van der Waals surface area (Å²) in [6, 6.07) is 0. The molecule has 2 N–H and O–H groups in total. The summed E-state index contributed by atoms with van der Waals surface area (Å²) in [5.74, 6) is 1.71. The molecule has 0 aliphatic heterocycles. The van der Waals surface area contributed by atoms with Crippen molar-refractivity contribution in [1.82, 2.24) is 0 Å². The summed E-state index contributed by atoms with van der Waals surface area (Å²) in [6.07, 6.45) is 10.4. The molecule has 2 heteroatoms. The summed E-state index contributed by atoms with van der Waals surface area (Å²) < 4.78 is 0. The van der Waals surface area contributed by atoms with E-state index in [0.717, 1.165) is 24.0 Å². The van der Waals surface area contributed by atoms with E-state index in [1.165, 1.54) is 0 Å². The molecule has 0 aromatic heterocycles. The maximum absolute atomic E-state index is 10.6. The van der Waals surface area contributed by atoms with E-state index < -0.39 is 0 Å². The smallest absolute Gasteiger partial charge is 0.115 e. The molecule has 28 heavy (non-hydrogen) atoms. The van der Waals surface area contributed by atoms with Gasteiger partial charge in [-0.3, -0.25) is 0 Å². The molecule has 0 aromatic rings. The summed E-state index contributed by atoms with van der Waals surface area (Å²) in [5.41, 5.74) is 1.79. The quantitative estimate of drug-likeness (QED) is 0.517. The minimum atomic E-state index is -0.0954. The van der Waals surface area contributed by atoms with Crippen molar-refractivity contribution in [2.45, 2.75) is 82.1 Å². The molecule has 2 aliphatic rings. The lowest BCUT2D eigenvalue weighted by molar-refractivity contribution is 0.0675. The van der Waals surface area contributed by atoms with Gasteiger partial charge >= 0.3 is 0 Å². The van der Waals surface area contributed by atoms with E-state index in [4.69, 9.17) is 0 Å².